The van der Waals surface area contributed by atoms with Crippen molar-refractivity contribution in [3.63, 3.8) is 0 Å². The lowest BCUT2D eigenvalue weighted by atomic mass is 10.1. The summed E-state index contributed by atoms with van der Waals surface area (Å²) in [5.41, 5.74) is -0.0626. The molecule has 1 N–H and O–H groups in total. The van der Waals surface area contributed by atoms with Crippen molar-refractivity contribution < 1.29 is 23.8 Å². The Balaban J connectivity index is 1.72. The first kappa shape index (κ1) is 17.4. The Morgan fingerprint density at radius 2 is 1.96 bits per heavy atom. The van der Waals surface area contributed by atoms with Crippen molar-refractivity contribution in [2.24, 2.45) is 0 Å². The highest BCUT2D eigenvalue weighted by Crippen LogP contribution is 2.33. The molecule has 136 valence electrons. The third-order valence-corrected chi connectivity index (χ3v) is 4.07. The van der Waals surface area contributed by atoms with Gasteiger partial charge in [-0.25, -0.2) is 4.79 Å². The summed E-state index contributed by atoms with van der Waals surface area (Å²) in [5.74, 6) is 1.07. The van der Waals surface area contributed by atoms with Gasteiger partial charge in [0.05, 0.1) is 0 Å². The topological polar surface area (TPSA) is 77.1 Å². The molecule has 2 amide bonds. The van der Waals surface area contributed by atoms with Gasteiger partial charge in [0.15, 0.2) is 11.5 Å². The smallest absolute Gasteiger partial charge is 0.409 e. The molecule has 0 aromatic heterocycles. The summed E-state index contributed by atoms with van der Waals surface area (Å²) >= 11 is 0. The average Bonchev–Trinajstić information content (AvgIpc) is 3.00. The third kappa shape index (κ3) is 4.15. The normalized spacial score (nSPS) is 19.5. The molecule has 3 rings (SSSR count). The molecule has 2 aliphatic rings. The number of hydrogen-bond acceptors (Lipinski definition) is 5. The summed E-state index contributed by atoms with van der Waals surface area (Å²) in [7, 11) is 0. The predicted octanol–water partition coefficient (Wildman–Crippen LogP) is 2.89. The average molecular weight is 348 g/mol. The van der Waals surface area contributed by atoms with Gasteiger partial charge in [-0.2, -0.15) is 0 Å². The van der Waals surface area contributed by atoms with Crippen LogP contribution < -0.4 is 14.8 Å². The van der Waals surface area contributed by atoms with Crippen molar-refractivity contribution in [2.75, 3.05) is 13.3 Å². The zero-order valence-electron chi connectivity index (χ0n) is 14.8. The number of rotatable bonds is 2. The lowest BCUT2D eigenvalue weighted by molar-refractivity contribution is 0.0340. The molecule has 0 aliphatic carbocycles. The predicted molar refractivity (Wildman–Crippen MR) is 90.6 cm³/mol. The minimum atomic E-state index is -0.578. The summed E-state index contributed by atoms with van der Waals surface area (Å²) in [6.45, 7) is 6.18. The van der Waals surface area contributed by atoms with Crippen molar-refractivity contribution >= 4 is 12.0 Å². The Labute approximate surface area is 147 Å². The minimum absolute atomic E-state index is 0.140. The molecule has 1 saturated heterocycles. The van der Waals surface area contributed by atoms with Crippen LogP contribution in [-0.2, 0) is 4.74 Å². The maximum atomic E-state index is 12.9. The first-order chi connectivity index (χ1) is 11.8. The first-order valence-corrected chi connectivity index (χ1v) is 8.54. The van der Waals surface area contributed by atoms with Crippen molar-refractivity contribution in [3.8, 4) is 11.5 Å². The van der Waals surface area contributed by atoms with Crippen LogP contribution in [-0.4, -0.2) is 42.0 Å². The minimum Gasteiger partial charge on any atom is -0.454 e. The monoisotopic (exact) mass is 348 g/mol. The van der Waals surface area contributed by atoms with E-state index in [2.05, 4.69) is 5.32 Å². The Morgan fingerprint density at radius 1 is 1.20 bits per heavy atom. The summed E-state index contributed by atoms with van der Waals surface area (Å²) in [5, 5.41) is 2.82. The fourth-order valence-corrected chi connectivity index (χ4v) is 2.96. The number of piperidine rings is 1. The van der Waals surface area contributed by atoms with Crippen molar-refractivity contribution in [1.29, 1.82) is 0 Å². The zero-order chi connectivity index (χ0) is 18.0. The quantitative estimate of drug-likeness (QED) is 0.889. The number of benzene rings is 1. The van der Waals surface area contributed by atoms with Crippen LogP contribution in [0.1, 0.15) is 50.4 Å². The third-order valence-electron chi connectivity index (χ3n) is 4.07. The van der Waals surface area contributed by atoms with E-state index in [9.17, 15) is 9.59 Å². The molecule has 0 bridgehead atoms. The van der Waals surface area contributed by atoms with E-state index in [-0.39, 0.29) is 18.9 Å². The first-order valence-electron chi connectivity index (χ1n) is 8.54. The number of alkyl carbamates (subject to hydrolysis) is 1. The maximum absolute atomic E-state index is 12.9. The summed E-state index contributed by atoms with van der Waals surface area (Å²) in [4.78, 5) is 26.7. The van der Waals surface area contributed by atoms with E-state index >= 15 is 0 Å². The molecule has 2 heterocycles. The zero-order valence-corrected chi connectivity index (χ0v) is 14.8. The van der Waals surface area contributed by atoms with Gasteiger partial charge in [0.1, 0.15) is 11.8 Å². The highest BCUT2D eigenvalue weighted by Gasteiger charge is 2.30. The van der Waals surface area contributed by atoms with Gasteiger partial charge in [0.25, 0.3) is 5.91 Å². The van der Waals surface area contributed by atoms with Crippen LogP contribution in [0.25, 0.3) is 0 Å². The van der Waals surface area contributed by atoms with E-state index in [1.165, 1.54) is 0 Å². The Hall–Kier alpha value is -2.44. The molecule has 0 radical (unpaired) electrons. The summed E-state index contributed by atoms with van der Waals surface area (Å²) in [6, 6.07) is 5.13. The fraction of sp³-hybridized carbons (Fsp3) is 0.556. The van der Waals surface area contributed by atoms with E-state index in [0.29, 0.717) is 30.0 Å². The fourth-order valence-electron chi connectivity index (χ4n) is 2.96. The molecule has 25 heavy (non-hydrogen) atoms. The van der Waals surface area contributed by atoms with Crippen LogP contribution in [0.4, 0.5) is 4.79 Å². The van der Waals surface area contributed by atoms with Gasteiger partial charge in [0.2, 0.25) is 6.79 Å². The molecule has 7 heteroatoms. The summed E-state index contributed by atoms with van der Waals surface area (Å²) < 4.78 is 15.9. The molecular weight excluding hydrogens is 324 g/mol. The molecule has 0 spiro atoms. The Kier molecular flexibility index (Phi) is 4.74. The van der Waals surface area contributed by atoms with E-state index in [1.54, 1.807) is 23.1 Å². The molecule has 1 unspecified atom stereocenters. The number of likely N-dealkylation sites (tertiary alicyclic amines) is 1. The molecule has 1 atom stereocenters. The number of hydrogen-bond donors (Lipinski definition) is 1. The number of carbonyl (C=O) groups excluding carboxylic acids is 2. The largest absolute Gasteiger partial charge is 0.454 e. The second kappa shape index (κ2) is 6.82. The number of ether oxygens (including phenoxy) is 3. The van der Waals surface area contributed by atoms with Crippen LogP contribution >= 0.6 is 0 Å². The van der Waals surface area contributed by atoms with Crippen LogP contribution in [0.5, 0.6) is 11.5 Å². The van der Waals surface area contributed by atoms with E-state index in [4.69, 9.17) is 14.2 Å². The molecule has 0 saturated carbocycles. The van der Waals surface area contributed by atoms with Gasteiger partial charge in [-0.05, 0) is 58.2 Å². The van der Waals surface area contributed by atoms with E-state index in [1.807, 2.05) is 20.8 Å². The van der Waals surface area contributed by atoms with Crippen molar-refractivity contribution in [3.05, 3.63) is 23.8 Å². The maximum Gasteiger partial charge on any atom is 0.409 e. The highest BCUT2D eigenvalue weighted by molar-refractivity contribution is 5.95. The van der Waals surface area contributed by atoms with Gasteiger partial charge in [-0.1, -0.05) is 0 Å². The SMILES string of the molecule is CC(C)(C)OC(=O)NC1CCCCN1C(=O)c1ccc2c(c1)OCO2. The second-order valence-electron chi connectivity index (χ2n) is 7.22. The molecule has 1 fully saturated rings. The van der Waals surface area contributed by atoms with Gasteiger partial charge < -0.3 is 24.4 Å². The number of fused-ring (bicyclic) bond motifs is 1. The van der Waals surface area contributed by atoms with Crippen LogP contribution in [0.2, 0.25) is 0 Å². The van der Waals surface area contributed by atoms with Gasteiger partial charge in [-0.3, -0.25) is 4.79 Å². The van der Waals surface area contributed by atoms with Gasteiger partial charge >= 0.3 is 6.09 Å². The van der Waals surface area contributed by atoms with Gasteiger partial charge in [-0.15, -0.1) is 0 Å². The Bertz CT molecular complexity index is 668. The molecule has 1 aromatic rings. The van der Waals surface area contributed by atoms with Crippen LogP contribution in [0.3, 0.4) is 0 Å². The van der Waals surface area contributed by atoms with Crippen molar-refractivity contribution in [2.45, 2.75) is 51.8 Å². The van der Waals surface area contributed by atoms with E-state index in [0.717, 1.165) is 12.8 Å². The number of amides is 2. The van der Waals surface area contributed by atoms with Crippen LogP contribution in [0.15, 0.2) is 18.2 Å². The second-order valence-corrected chi connectivity index (χ2v) is 7.22. The van der Waals surface area contributed by atoms with Crippen LogP contribution in [0, 0.1) is 0 Å². The lowest BCUT2D eigenvalue weighted by Gasteiger charge is -2.36. The highest BCUT2D eigenvalue weighted by atomic mass is 16.7. The van der Waals surface area contributed by atoms with Gasteiger partial charge in [0, 0.05) is 12.1 Å². The molecule has 7 nitrogen and oxygen atoms in total. The Morgan fingerprint density at radius 3 is 2.72 bits per heavy atom. The number of nitrogens with zero attached hydrogens (tertiary/aromatic N) is 1. The lowest BCUT2D eigenvalue weighted by Crippen LogP contribution is -2.53. The number of nitrogens with one attached hydrogen (secondary N) is 1. The molecular formula is C18H24N2O5. The molecule has 2 aliphatic heterocycles. The summed E-state index contributed by atoms with van der Waals surface area (Å²) in [6.07, 6.45) is 1.67. The standard InChI is InChI=1S/C18H24N2O5/c1-18(2,3)25-17(22)19-15-6-4-5-9-20(15)16(21)12-7-8-13-14(10-12)24-11-23-13/h7-8,10,15H,4-6,9,11H2,1-3H3,(H,19,22). The van der Waals surface area contributed by atoms with Crippen molar-refractivity contribution in [1.82, 2.24) is 10.2 Å². The number of carbonyl (C=O) groups is 2. The molecule has 1 aromatic carbocycles. The van der Waals surface area contributed by atoms with E-state index < -0.39 is 11.7 Å².